The first-order chi connectivity index (χ1) is 9.61. The number of methoxy groups -OCH3 is 1. The number of anilines is 1. The highest BCUT2D eigenvalue weighted by atomic mass is 16.5. The lowest BCUT2D eigenvalue weighted by Gasteiger charge is -2.15. The van der Waals surface area contributed by atoms with Gasteiger partial charge >= 0.3 is 0 Å². The second-order valence-corrected chi connectivity index (χ2v) is 4.56. The van der Waals surface area contributed by atoms with Crippen LogP contribution >= 0.6 is 0 Å². The molecule has 0 unspecified atom stereocenters. The zero-order valence-corrected chi connectivity index (χ0v) is 11.6. The van der Waals surface area contributed by atoms with E-state index in [4.69, 9.17) is 10.5 Å². The largest absolute Gasteiger partial charge is 0.495 e. The van der Waals surface area contributed by atoms with Crippen LogP contribution in [0.5, 0.6) is 5.75 Å². The van der Waals surface area contributed by atoms with Crippen LogP contribution in [0, 0.1) is 0 Å². The van der Waals surface area contributed by atoms with Crippen molar-refractivity contribution < 1.29 is 9.53 Å². The molecule has 0 radical (unpaired) electrons. The van der Waals surface area contributed by atoms with Crippen molar-refractivity contribution in [2.75, 3.05) is 12.8 Å². The van der Waals surface area contributed by atoms with E-state index in [0.29, 0.717) is 17.0 Å². The molecule has 2 rings (SSSR count). The molecule has 0 aliphatic carbocycles. The minimum absolute atomic E-state index is 0.0627. The number of carbonyl (C=O) groups is 1. The maximum Gasteiger partial charge on any atom is 0.251 e. The van der Waals surface area contributed by atoms with Gasteiger partial charge in [-0.25, -0.2) is 0 Å². The van der Waals surface area contributed by atoms with Crippen LogP contribution in [0.3, 0.4) is 0 Å². The number of hydrogen-bond donors (Lipinski definition) is 2. The predicted molar refractivity (Wildman–Crippen MR) is 79.7 cm³/mol. The highest BCUT2D eigenvalue weighted by molar-refractivity contribution is 5.95. The second kappa shape index (κ2) is 6.10. The molecule has 20 heavy (non-hydrogen) atoms. The highest BCUT2D eigenvalue weighted by Gasteiger charge is 2.12. The van der Waals surface area contributed by atoms with Gasteiger partial charge in [0.1, 0.15) is 5.75 Å². The molecule has 0 heterocycles. The second-order valence-electron chi connectivity index (χ2n) is 4.56. The number of nitrogen functional groups attached to an aromatic ring is 1. The van der Waals surface area contributed by atoms with Crippen molar-refractivity contribution in [3.05, 3.63) is 59.7 Å². The number of rotatable bonds is 4. The number of nitrogens with one attached hydrogen (secondary N) is 1. The molecule has 4 nitrogen and oxygen atoms in total. The van der Waals surface area contributed by atoms with Gasteiger partial charge in [-0.1, -0.05) is 30.3 Å². The smallest absolute Gasteiger partial charge is 0.251 e. The van der Waals surface area contributed by atoms with E-state index in [1.807, 2.05) is 37.3 Å². The molecule has 0 bridgehead atoms. The lowest BCUT2D eigenvalue weighted by atomic mass is 10.1. The predicted octanol–water partition coefficient (Wildman–Crippen LogP) is 2.77. The first kappa shape index (κ1) is 13.9. The molecule has 0 saturated carbocycles. The van der Waals surface area contributed by atoms with Crippen LogP contribution in [-0.4, -0.2) is 13.0 Å². The number of ether oxygens (including phenoxy) is 1. The third kappa shape index (κ3) is 3.09. The van der Waals surface area contributed by atoms with Gasteiger partial charge in [-0.15, -0.1) is 0 Å². The van der Waals surface area contributed by atoms with Crippen molar-refractivity contribution in [2.24, 2.45) is 0 Å². The van der Waals surface area contributed by atoms with Gasteiger partial charge in [-0.2, -0.15) is 0 Å². The maximum atomic E-state index is 12.2. The van der Waals surface area contributed by atoms with Crippen molar-refractivity contribution >= 4 is 11.6 Å². The normalized spacial score (nSPS) is 11.7. The van der Waals surface area contributed by atoms with Crippen LogP contribution in [0.25, 0.3) is 0 Å². The molecule has 2 aromatic carbocycles. The molecule has 0 aliphatic rings. The van der Waals surface area contributed by atoms with Gasteiger partial charge in [-0.3, -0.25) is 4.79 Å². The Hall–Kier alpha value is -2.49. The maximum absolute atomic E-state index is 12.2. The molecule has 0 saturated heterocycles. The van der Waals surface area contributed by atoms with Gasteiger partial charge in [0, 0.05) is 5.56 Å². The minimum atomic E-state index is -0.153. The molecule has 4 heteroatoms. The Balaban J connectivity index is 2.12. The molecule has 1 amide bonds. The van der Waals surface area contributed by atoms with Crippen LogP contribution in [0.2, 0.25) is 0 Å². The van der Waals surface area contributed by atoms with Gasteiger partial charge in [0.15, 0.2) is 0 Å². The summed E-state index contributed by atoms with van der Waals surface area (Å²) in [4.78, 5) is 12.2. The topological polar surface area (TPSA) is 64.3 Å². The van der Waals surface area contributed by atoms with Gasteiger partial charge in [-0.05, 0) is 30.7 Å². The summed E-state index contributed by atoms with van der Waals surface area (Å²) in [6.07, 6.45) is 0. The summed E-state index contributed by atoms with van der Waals surface area (Å²) in [5, 5.41) is 2.95. The molecule has 3 N–H and O–H groups in total. The molecule has 0 aliphatic heterocycles. The summed E-state index contributed by atoms with van der Waals surface area (Å²) < 4.78 is 5.12. The van der Waals surface area contributed by atoms with E-state index in [1.54, 1.807) is 18.2 Å². The van der Waals surface area contributed by atoms with Crippen LogP contribution in [0.15, 0.2) is 48.5 Å². The number of benzene rings is 2. The van der Waals surface area contributed by atoms with Gasteiger partial charge in [0.25, 0.3) is 5.91 Å². The minimum Gasteiger partial charge on any atom is -0.495 e. The van der Waals surface area contributed by atoms with Gasteiger partial charge in [0.05, 0.1) is 18.8 Å². The first-order valence-electron chi connectivity index (χ1n) is 6.41. The fourth-order valence-corrected chi connectivity index (χ4v) is 1.96. The Morgan fingerprint density at radius 2 is 1.90 bits per heavy atom. The molecule has 1 atom stereocenters. The SMILES string of the molecule is COc1cc(C(=O)N[C@@H](C)c2ccccc2)ccc1N. The van der Waals surface area contributed by atoms with Crippen molar-refractivity contribution in [1.29, 1.82) is 0 Å². The number of carbonyl (C=O) groups excluding carboxylic acids is 1. The first-order valence-corrected chi connectivity index (χ1v) is 6.41. The van der Waals surface area contributed by atoms with E-state index in [-0.39, 0.29) is 11.9 Å². The Kier molecular flexibility index (Phi) is 4.25. The standard InChI is InChI=1S/C16H18N2O2/c1-11(12-6-4-3-5-7-12)18-16(19)13-8-9-14(17)15(10-13)20-2/h3-11H,17H2,1-2H3,(H,18,19)/t11-/m0/s1. The van der Waals surface area contributed by atoms with E-state index in [2.05, 4.69) is 5.32 Å². The van der Waals surface area contributed by atoms with Crippen LogP contribution < -0.4 is 15.8 Å². The Morgan fingerprint density at radius 1 is 1.20 bits per heavy atom. The third-order valence-corrected chi connectivity index (χ3v) is 3.14. The van der Waals surface area contributed by atoms with Crippen molar-refractivity contribution in [1.82, 2.24) is 5.32 Å². The van der Waals surface area contributed by atoms with Crippen LogP contribution in [0.1, 0.15) is 28.9 Å². The summed E-state index contributed by atoms with van der Waals surface area (Å²) in [5.41, 5.74) is 7.84. The van der Waals surface area contributed by atoms with Crippen molar-refractivity contribution in [3.63, 3.8) is 0 Å². The summed E-state index contributed by atoms with van der Waals surface area (Å²) >= 11 is 0. The Bertz CT molecular complexity index is 597. The quantitative estimate of drug-likeness (QED) is 0.840. The van der Waals surface area contributed by atoms with Gasteiger partial charge < -0.3 is 15.8 Å². The van der Waals surface area contributed by atoms with Crippen molar-refractivity contribution in [2.45, 2.75) is 13.0 Å². The molecule has 104 valence electrons. The summed E-state index contributed by atoms with van der Waals surface area (Å²) in [6.45, 7) is 1.95. The molecule has 0 fully saturated rings. The Morgan fingerprint density at radius 3 is 2.55 bits per heavy atom. The summed E-state index contributed by atoms with van der Waals surface area (Å²) in [7, 11) is 1.53. The molecular formula is C16H18N2O2. The van der Waals surface area contributed by atoms with E-state index in [9.17, 15) is 4.79 Å². The zero-order chi connectivity index (χ0) is 14.5. The number of hydrogen-bond acceptors (Lipinski definition) is 3. The average Bonchev–Trinajstić information content (AvgIpc) is 2.48. The van der Waals surface area contributed by atoms with E-state index in [1.165, 1.54) is 7.11 Å². The fourth-order valence-electron chi connectivity index (χ4n) is 1.96. The number of nitrogens with two attached hydrogens (primary N) is 1. The average molecular weight is 270 g/mol. The van der Waals surface area contributed by atoms with Crippen LogP contribution in [0.4, 0.5) is 5.69 Å². The molecular weight excluding hydrogens is 252 g/mol. The zero-order valence-electron chi connectivity index (χ0n) is 11.6. The van der Waals surface area contributed by atoms with E-state index >= 15 is 0 Å². The van der Waals surface area contributed by atoms with E-state index in [0.717, 1.165) is 5.56 Å². The van der Waals surface area contributed by atoms with Crippen LogP contribution in [-0.2, 0) is 0 Å². The lowest BCUT2D eigenvalue weighted by Crippen LogP contribution is -2.26. The number of amides is 1. The summed E-state index contributed by atoms with van der Waals surface area (Å²) in [6, 6.07) is 14.7. The highest BCUT2D eigenvalue weighted by Crippen LogP contribution is 2.22. The third-order valence-electron chi connectivity index (χ3n) is 3.14. The molecule has 2 aromatic rings. The fraction of sp³-hybridized carbons (Fsp3) is 0.188. The summed E-state index contributed by atoms with van der Waals surface area (Å²) in [5.74, 6) is 0.352. The molecule has 0 aromatic heterocycles. The van der Waals surface area contributed by atoms with Gasteiger partial charge in [0.2, 0.25) is 0 Å². The lowest BCUT2D eigenvalue weighted by molar-refractivity contribution is 0.0939. The monoisotopic (exact) mass is 270 g/mol. The molecule has 0 spiro atoms. The van der Waals surface area contributed by atoms with Crippen molar-refractivity contribution in [3.8, 4) is 5.75 Å². The Labute approximate surface area is 118 Å². The van der Waals surface area contributed by atoms with E-state index < -0.39 is 0 Å².